The van der Waals surface area contributed by atoms with Gasteiger partial charge in [0.2, 0.25) is 16.1 Å². The topological polar surface area (TPSA) is 94.2 Å². The number of anilines is 1. The van der Waals surface area contributed by atoms with E-state index in [9.17, 15) is 13.2 Å². The smallest absolute Gasteiger partial charge is 0.269 e. The van der Waals surface area contributed by atoms with E-state index in [1.54, 1.807) is 44.2 Å². The Morgan fingerprint density at radius 1 is 1.00 bits per heavy atom. The van der Waals surface area contributed by atoms with Gasteiger partial charge in [-0.15, -0.1) is 0 Å². The van der Waals surface area contributed by atoms with Crippen LogP contribution in [0.25, 0.3) is 0 Å². The maximum Gasteiger partial charge on any atom is 0.269 e. The number of carbonyl (C=O) groups excluding carboxylic acids is 1. The first-order valence-corrected chi connectivity index (χ1v) is 12.4. The first-order chi connectivity index (χ1) is 16.4. The van der Waals surface area contributed by atoms with Gasteiger partial charge >= 0.3 is 0 Å². The molecule has 0 bridgehead atoms. The summed E-state index contributed by atoms with van der Waals surface area (Å²) < 4.78 is 44.9. The zero-order valence-electron chi connectivity index (χ0n) is 18.9. The Balaban J connectivity index is 1.64. The first kappa shape index (κ1) is 23.6. The number of hydrogen-bond acceptors (Lipinski definition) is 6. The van der Waals surface area contributed by atoms with Crippen molar-refractivity contribution in [2.75, 3.05) is 25.0 Å². The molecule has 0 aromatic heterocycles. The number of para-hydroxylation sites is 3. The Hall–Kier alpha value is -3.56. The highest BCUT2D eigenvalue weighted by atomic mass is 32.2. The minimum Gasteiger partial charge on any atom is -0.485 e. The first-order valence-electron chi connectivity index (χ1n) is 11.0. The van der Waals surface area contributed by atoms with Crippen LogP contribution in [0.5, 0.6) is 23.0 Å². The summed E-state index contributed by atoms with van der Waals surface area (Å²) in [4.78, 5) is 13.1. The summed E-state index contributed by atoms with van der Waals surface area (Å²) in [5.41, 5.74) is 0.213. The van der Waals surface area contributed by atoms with Crippen molar-refractivity contribution in [2.24, 2.45) is 0 Å². The number of benzene rings is 3. The lowest BCUT2D eigenvalue weighted by molar-refractivity contribution is -0.125. The van der Waals surface area contributed by atoms with Crippen molar-refractivity contribution in [1.82, 2.24) is 4.31 Å². The Kier molecular flexibility index (Phi) is 7.04. The van der Waals surface area contributed by atoms with Gasteiger partial charge in [0.1, 0.15) is 12.4 Å². The maximum absolute atomic E-state index is 13.1. The number of ether oxygens (including phenoxy) is 3. The van der Waals surface area contributed by atoms with Crippen LogP contribution < -0.4 is 19.5 Å². The van der Waals surface area contributed by atoms with Crippen LogP contribution in [-0.4, -0.2) is 44.4 Å². The fraction of sp³-hybridized carbons (Fsp3) is 0.240. The molecule has 0 aliphatic carbocycles. The lowest BCUT2D eigenvalue weighted by Gasteiger charge is -2.26. The fourth-order valence-corrected chi connectivity index (χ4v) is 5.03. The van der Waals surface area contributed by atoms with Crippen molar-refractivity contribution in [1.29, 1.82) is 0 Å². The van der Waals surface area contributed by atoms with Crippen molar-refractivity contribution in [3.63, 3.8) is 0 Å². The number of carbonyl (C=O) groups is 1. The molecule has 9 heteroatoms. The molecular formula is C25H26N2O6S. The van der Waals surface area contributed by atoms with Crippen molar-refractivity contribution in [3.05, 3.63) is 72.8 Å². The maximum atomic E-state index is 13.1. The Labute approximate surface area is 199 Å². The minimum atomic E-state index is -3.74. The highest BCUT2D eigenvalue weighted by Crippen LogP contribution is 2.34. The summed E-state index contributed by atoms with van der Waals surface area (Å²) in [6, 6.07) is 20.5. The van der Waals surface area contributed by atoms with Crippen LogP contribution in [0.3, 0.4) is 0 Å². The van der Waals surface area contributed by atoms with Crippen LogP contribution in [0.2, 0.25) is 0 Å². The molecule has 1 atom stereocenters. The minimum absolute atomic E-state index is 0.0230. The van der Waals surface area contributed by atoms with Gasteiger partial charge < -0.3 is 19.5 Å². The van der Waals surface area contributed by atoms with Crippen LogP contribution in [-0.2, 0) is 14.8 Å². The van der Waals surface area contributed by atoms with E-state index in [1.165, 1.54) is 22.5 Å². The standard InChI is InChI=1S/C25H26N2O6S/c1-3-27(4-2)34(29,30)19-14-15-21(32-18-10-6-5-7-11-18)20(16-19)26-25(28)24-17-31-22-12-8-9-13-23(22)33-24/h5-16,24H,3-4,17H2,1-2H3,(H,26,28)/t24-/m0/s1. The third-order valence-corrected chi connectivity index (χ3v) is 7.37. The lowest BCUT2D eigenvalue weighted by atomic mass is 10.2. The van der Waals surface area contributed by atoms with Gasteiger partial charge in [-0.1, -0.05) is 44.2 Å². The van der Waals surface area contributed by atoms with E-state index in [4.69, 9.17) is 14.2 Å². The molecule has 3 aromatic carbocycles. The number of hydrogen-bond donors (Lipinski definition) is 1. The second-order valence-corrected chi connectivity index (χ2v) is 9.45. The van der Waals surface area contributed by atoms with Gasteiger partial charge in [0.05, 0.1) is 10.6 Å². The summed E-state index contributed by atoms with van der Waals surface area (Å²) in [7, 11) is -3.74. The fourth-order valence-electron chi connectivity index (χ4n) is 3.55. The van der Waals surface area contributed by atoms with E-state index < -0.39 is 22.0 Å². The molecule has 0 saturated carbocycles. The van der Waals surface area contributed by atoms with Crippen molar-refractivity contribution < 1.29 is 27.4 Å². The van der Waals surface area contributed by atoms with Crippen LogP contribution in [0, 0.1) is 0 Å². The Bertz CT molecular complexity index is 1260. The number of nitrogens with one attached hydrogen (secondary N) is 1. The predicted molar refractivity (Wildman–Crippen MR) is 128 cm³/mol. The molecule has 0 fully saturated rings. The zero-order valence-corrected chi connectivity index (χ0v) is 19.7. The lowest BCUT2D eigenvalue weighted by Crippen LogP contribution is -2.40. The van der Waals surface area contributed by atoms with Gasteiger partial charge in [0, 0.05) is 13.1 Å². The van der Waals surface area contributed by atoms with E-state index in [0.717, 1.165) is 0 Å². The van der Waals surface area contributed by atoms with Gasteiger partial charge in [-0.05, 0) is 42.5 Å². The van der Waals surface area contributed by atoms with Crippen molar-refractivity contribution in [2.45, 2.75) is 24.8 Å². The molecule has 1 aliphatic rings. The SMILES string of the molecule is CCN(CC)S(=O)(=O)c1ccc(Oc2ccccc2)c(NC(=O)[C@@H]2COc3ccccc3O2)c1. The molecule has 1 heterocycles. The van der Waals surface area contributed by atoms with E-state index >= 15 is 0 Å². The monoisotopic (exact) mass is 482 g/mol. The highest BCUT2D eigenvalue weighted by molar-refractivity contribution is 7.89. The molecule has 0 unspecified atom stereocenters. The summed E-state index contributed by atoms with van der Waals surface area (Å²) in [6.07, 6.45) is -0.914. The third kappa shape index (κ3) is 5.00. The Morgan fingerprint density at radius 2 is 1.68 bits per heavy atom. The van der Waals surface area contributed by atoms with E-state index in [0.29, 0.717) is 36.1 Å². The van der Waals surface area contributed by atoms with E-state index in [1.807, 2.05) is 24.3 Å². The van der Waals surface area contributed by atoms with Crippen molar-refractivity contribution in [3.8, 4) is 23.0 Å². The highest BCUT2D eigenvalue weighted by Gasteiger charge is 2.29. The van der Waals surface area contributed by atoms with E-state index in [2.05, 4.69) is 5.32 Å². The summed E-state index contributed by atoms with van der Waals surface area (Å²) in [5, 5.41) is 2.77. The molecule has 3 aromatic rings. The predicted octanol–water partition coefficient (Wildman–Crippen LogP) is 4.29. The quantitative estimate of drug-likeness (QED) is 0.515. The average Bonchev–Trinajstić information content (AvgIpc) is 2.86. The zero-order chi connectivity index (χ0) is 24.1. The summed E-state index contributed by atoms with van der Waals surface area (Å²) in [5.74, 6) is 1.39. The number of sulfonamides is 1. The number of rotatable bonds is 8. The van der Waals surface area contributed by atoms with Gasteiger partial charge in [-0.3, -0.25) is 4.79 Å². The summed E-state index contributed by atoms with van der Waals surface area (Å²) in [6.45, 7) is 4.23. The second-order valence-electron chi connectivity index (χ2n) is 7.52. The molecule has 1 aliphatic heterocycles. The normalized spacial score (nSPS) is 15.1. The molecule has 1 N–H and O–H groups in total. The van der Waals surface area contributed by atoms with Crippen LogP contribution >= 0.6 is 0 Å². The molecule has 1 amide bonds. The number of amides is 1. The van der Waals surface area contributed by atoms with Gasteiger partial charge in [-0.2, -0.15) is 4.31 Å². The van der Waals surface area contributed by atoms with Gasteiger partial charge in [0.25, 0.3) is 5.91 Å². The largest absolute Gasteiger partial charge is 0.485 e. The van der Waals surface area contributed by atoms with Gasteiger partial charge in [-0.25, -0.2) is 8.42 Å². The molecule has 178 valence electrons. The summed E-state index contributed by atoms with van der Waals surface area (Å²) >= 11 is 0. The number of fused-ring (bicyclic) bond motifs is 1. The molecule has 34 heavy (non-hydrogen) atoms. The van der Waals surface area contributed by atoms with Crippen molar-refractivity contribution >= 4 is 21.6 Å². The van der Waals surface area contributed by atoms with Crippen LogP contribution in [0.15, 0.2) is 77.7 Å². The van der Waals surface area contributed by atoms with Gasteiger partial charge in [0.15, 0.2) is 17.2 Å². The third-order valence-electron chi connectivity index (χ3n) is 5.32. The average molecular weight is 483 g/mol. The Morgan fingerprint density at radius 3 is 2.38 bits per heavy atom. The van der Waals surface area contributed by atoms with Crippen LogP contribution in [0.1, 0.15) is 13.8 Å². The van der Waals surface area contributed by atoms with E-state index in [-0.39, 0.29) is 17.2 Å². The molecule has 4 rings (SSSR count). The molecular weight excluding hydrogens is 456 g/mol. The molecule has 0 radical (unpaired) electrons. The second kappa shape index (κ2) is 10.1. The molecule has 0 spiro atoms. The van der Waals surface area contributed by atoms with Crippen LogP contribution in [0.4, 0.5) is 5.69 Å². The number of nitrogens with zero attached hydrogens (tertiary/aromatic N) is 1. The molecule has 8 nitrogen and oxygen atoms in total. The molecule has 0 saturated heterocycles.